The minimum absolute atomic E-state index is 0.391. The Bertz CT molecular complexity index is 992. The van der Waals surface area contributed by atoms with Crippen LogP contribution in [0.15, 0.2) is 58.1 Å². The number of fused-ring (bicyclic) bond motifs is 4. The van der Waals surface area contributed by atoms with Crippen LogP contribution in [0.3, 0.4) is 0 Å². The van der Waals surface area contributed by atoms with Gasteiger partial charge in [-0.25, -0.2) is 4.57 Å². The van der Waals surface area contributed by atoms with Crippen molar-refractivity contribution in [1.29, 1.82) is 0 Å². The third-order valence-electron chi connectivity index (χ3n) is 4.43. The zero-order valence-corrected chi connectivity index (χ0v) is 14.9. The largest absolute Gasteiger partial charge is 0.468 e. The highest BCUT2D eigenvalue weighted by Crippen LogP contribution is 2.38. The van der Waals surface area contributed by atoms with Crippen LogP contribution in [0.2, 0.25) is 0 Å². The maximum atomic E-state index is 12.9. The normalized spacial score (nSPS) is 13.6. The van der Waals surface area contributed by atoms with Gasteiger partial charge in [-0.05, 0) is 43.5 Å². The molecule has 2 heterocycles. The van der Waals surface area contributed by atoms with E-state index < -0.39 is 21.8 Å². The van der Waals surface area contributed by atoms with Gasteiger partial charge < -0.3 is 4.74 Å². The van der Waals surface area contributed by atoms with Crippen molar-refractivity contribution in [3.8, 4) is 5.69 Å². The van der Waals surface area contributed by atoms with Crippen molar-refractivity contribution in [2.45, 2.75) is 11.7 Å². The van der Waals surface area contributed by atoms with E-state index in [2.05, 4.69) is 0 Å². The summed E-state index contributed by atoms with van der Waals surface area (Å²) >= 11 is 1.29. The molecule has 0 radical (unpaired) electrons. The lowest BCUT2D eigenvalue weighted by atomic mass is 9.98. The second kappa shape index (κ2) is 6.37. The summed E-state index contributed by atoms with van der Waals surface area (Å²) < 4.78 is 5.04. The molecular formula is C19H17NO4S. The topological polar surface area (TPSA) is 65.4 Å². The number of methoxy groups -OCH3 is 1. The van der Waals surface area contributed by atoms with Crippen molar-refractivity contribution in [2.75, 3.05) is 13.4 Å². The summed E-state index contributed by atoms with van der Waals surface area (Å²) in [7, 11) is 1.32. The summed E-state index contributed by atoms with van der Waals surface area (Å²) in [4.78, 5) is 38.1. The Balaban J connectivity index is 2.42. The highest BCUT2D eigenvalue weighted by atomic mass is 32.2. The Morgan fingerprint density at radius 2 is 1.52 bits per heavy atom. The molecule has 4 rings (SSSR count). The van der Waals surface area contributed by atoms with Crippen LogP contribution in [-0.2, 0) is 14.3 Å². The molecule has 0 aliphatic rings. The zero-order chi connectivity index (χ0) is 18.2. The molecule has 0 amide bonds. The molecule has 0 spiro atoms. The number of carbonyl (C=O) groups is 1. The lowest BCUT2D eigenvalue weighted by Gasteiger charge is -2.27. The number of thioether (sulfide) groups is 1. The number of rotatable bonds is 4. The second-order valence-electron chi connectivity index (χ2n) is 5.77. The number of hydrogen-bond donors (Lipinski definition) is 0. The molecule has 0 aliphatic carbocycles. The molecule has 0 fully saturated rings. The van der Waals surface area contributed by atoms with E-state index in [1.807, 2.05) is 0 Å². The summed E-state index contributed by atoms with van der Waals surface area (Å²) in [5.74, 6) is -0.443. The van der Waals surface area contributed by atoms with Crippen molar-refractivity contribution >= 4 is 28.5 Å². The minimum Gasteiger partial charge on any atom is -0.468 e. The molecule has 2 bridgehead atoms. The van der Waals surface area contributed by atoms with Crippen LogP contribution in [0.1, 0.15) is 12.5 Å². The van der Waals surface area contributed by atoms with Gasteiger partial charge in [0.05, 0.1) is 12.8 Å². The summed E-state index contributed by atoms with van der Waals surface area (Å²) in [6.45, 7) is 1.72. The molecule has 1 atom stereocenters. The molecule has 128 valence electrons. The maximum absolute atomic E-state index is 12.9. The molecule has 0 saturated heterocycles. The van der Waals surface area contributed by atoms with Crippen molar-refractivity contribution < 1.29 is 9.53 Å². The van der Waals surface area contributed by atoms with Gasteiger partial charge in [0.25, 0.3) is 11.1 Å². The molecule has 6 heteroatoms. The zero-order valence-electron chi connectivity index (χ0n) is 14.1. The van der Waals surface area contributed by atoms with Gasteiger partial charge in [-0.3, -0.25) is 14.4 Å². The fourth-order valence-corrected chi connectivity index (χ4v) is 3.54. The van der Waals surface area contributed by atoms with Crippen LogP contribution >= 0.6 is 11.8 Å². The highest BCUT2D eigenvalue weighted by Gasteiger charge is 2.38. The van der Waals surface area contributed by atoms with E-state index in [0.717, 1.165) is 4.57 Å². The van der Waals surface area contributed by atoms with Crippen LogP contribution in [0.5, 0.6) is 0 Å². The first kappa shape index (κ1) is 17.2. The standard InChI is InChI=1S/C19H17NO4S/c1-19(25-3,18(23)24-2)14-6-4-5-7-15(14)20-16(21)12-8-9-13(11-10-12)17(20)22/h4-11H,1-3H3. The van der Waals surface area contributed by atoms with Crippen LogP contribution < -0.4 is 11.1 Å². The number of esters is 1. The molecule has 2 aromatic heterocycles. The molecule has 1 unspecified atom stereocenters. The average molecular weight is 355 g/mol. The first-order valence-electron chi connectivity index (χ1n) is 7.66. The maximum Gasteiger partial charge on any atom is 0.326 e. The van der Waals surface area contributed by atoms with Gasteiger partial charge in [0, 0.05) is 16.3 Å². The smallest absolute Gasteiger partial charge is 0.326 e. The Morgan fingerprint density at radius 1 is 1.00 bits per heavy atom. The van der Waals surface area contributed by atoms with Crippen molar-refractivity contribution in [3.63, 3.8) is 0 Å². The first-order valence-corrected chi connectivity index (χ1v) is 8.88. The van der Waals surface area contributed by atoms with Gasteiger partial charge in [-0.2, -0.15) is 0 Å². The molecule has 0 saturated carbocycles. The average Bonchev–Trinajstić information content (AvgIpc) is 2.85. The highest BCUT2D eigenvalue weighted by molar-refractivity contribution is 8.00. The summed E-state index contributed by atoms with van der Waals surface area (Å²) in [6, 6.07) is 13.5. The number of para-hydroxylation sites is 1. The van der Waals surface area contributed by atoms with Crippen LogP contribution in [0.25, 0.3) is 16.5 Å². The molecule has 0 aliphatic heterocycles. The van der Waals surface area contributed by atoms with Gasteiger partial charge >= 0.3 is 5.97 Å². The van der Waals surface area contributed by atoms with E-state index in [1.165, 1.54) is 18.9 Å². The lowest BCUT2D eigenvalue weighted by molar-refractivity contribution is -0.143. The van der Waals surface area contributed by atoms with Crippen molar-refractivity contribution in [2.24, 2.45) is 0 Å². The van der Waals surface area contributed by atoms with Crippen molar-refractivity contribution in [1.82, 2.24) is 4.57 Å². The first-order chi connectivity index (χ1) is 11.9. The molecule has 5 nitrogen and oxygen atoms in total. The number of benzene rings is 2. The van der Waals surface area contributed by atoms with E-state index in [9.17, 15) is 14.4 Å². The molecule has 2 aromatic carbocycles. The van der Waals surface area contributed by atoms with Gasteiger partial charge in [-0.1, -0.05) is 18.2 Å². The van der Waals surface area contributed by atoms with E-state index in [4.69, 9.17) is 4.74 Å². The Labute approximate surface area is 148 Å². The van der Waals surface area contributed by atoms with Gasteiger partial charge in [0.15, 0.2) is 0 Å². The minimum atomic E-state index is -1.05. The third-order valence-corrected chi connectivity index (χ3v) is 5.63. The van der Waals surface area contributed by atoms with Gasteiger partial charge in [0.2, 0.25) is 0 Å². The quantitative estimate of drug-likeness (QED) is 0.673. The predicted octanol–water partition coefficient (Wildman–Crippen LogP) is 2.54. The van der Waals surface area contributed by atoms with Gasteiger partial charge in [0.1, 0.15) is 4.75 Å². The Kier molecular flexibility index (Phi) is 4.39. The van der Waals surface area contributed by atoms with E-state index in [1.54, 1.807) is 61.7 Å². The van der Waals surface area contributed by atoms with Gasteiger partial charge in [-0.15, -0.1) is 11.8 Å². The molecule has 4 aromatic rings. The molecule has 0 N–H and O–H groups in total. The second-order valence-corrected chi connectivity index (χ2v) is 6.99. The monoisotopic (exact) mass is 355 g/mol. The third kappa shape index (κ3) is 2.62. The Hall–Kier alpha value is -2.60. The molecular weight excluding hydrogens is 338 g/mol. The van der Waals surface area contributed by atoms with E-state index in [-0.39, 0.29) is 0 Å². The number of nitrogens with zero attached hydrogens (tertiary/aromatic N) is 1. The lowest BCUT2D eigenvalue weighted by Crippen LogP contribution is -2.35. The Morgan fingerprint density at radius 3 is 2.00 bits per heavy atom. The van der Waals surface area contributed by atoms with E-state index in [0.29, 0.717) is 22.0 Å². The number of ether oxygens (including phenoxy) is 1. The number of aromatic nitrogens is 1. The van der Waals surface area contributed by atoms with Crippen LogP contribution in [0, 0.1) is 0 Å². The number of carbonyl (C=O) groups excluding carboxylic acids is 1. The fraction of sp³-hybridized carbons (Fsp3) is 0.211. The summed E-state index contributed by atoms with van der Waals surface area (Å²) in [5.41, 5.74) is 0.122. The predicted molar refractivity (Wildman–Crippen MR) is 99.9 cm³/mol. The number of hydrogen-bond acceptors (Lipinski definition) is 5. The fourth-order valence-electron chi connectivity index (χ4n) is 2.89. The van der Waals surface area contributed by atoms with Crippen LogP contribution in [-0.4, -0.2) is 23.9 Å². The molecule has 25 heavy (non-hydrogen) atoms. The SMILES string of the molecule is COC(=O)C(C)(SC)c1ccccc1-n1c(=O)c2ccc(cc2)c1=O. The van der Waals surface area contributed by atoms with Crippen LogP contribution in [0.4, 0.5) is 0 Å². The van der Waals surface area contributed by atoms with Crippen molar-refractivity contribution in [3.05, 3.63) is 74.8 Å². The summed E-state index contributed by atoms with van der Waals surface area (Å²) in [6.07, 6.45) is 1.79. The van der Waals surface area contributed by atoms with E-state index >= 15 is 0 Å². The summed E-state index contributed by atoms with van der Waals surface area (Å²) in [5, 5.41) is 0.849.